The molecule has 0 spiro atoms. The van der Waals surface area contributed by atoms with Crippen molar-refractivity contribution in [3.63, 3.8) is 0 Å². The van der Waals surface area contributed by atoms with Crippen molar-refractivity contribution in [3.05, 3.63) is 29.8 Å². The molecule has 5 nitrogen and oxygen atoms in total. The molecule has 1 fully saturated rings. The number of hydrogen-bond donors (Lipinski definition) is 2. The fourth-order valence-corrected chi connectivity index (χ4v) is 3.02. The first-order valence-electron chi connectivity index (χ1n) is 7.27. The van der Waals surface area contributed by atoms with Gasteiger partial charge in [0.1, 0.15) is 0 Å². The van der Waals surface area contributed by atoms with E-state index in [1.54, 1.807) is 0 Å². The highest BCUT2D eigenvalue weighted by molar-refractivity contribution is 6.02. The Morgan fingerprint density at radius 1 is 1.40 bits per heavy atom. The Balaban J connectivity index is 2.18. The zero-order valence-corrected chi connectivity index (χ0v) is 12.3. The van der Waals surface area contributed by atoms with Crippen LogP contribution in [0.3, 0.4) is 0 Å². The van der Waals surface area contributed by atoms with Gasteiger partial charge < -0.3 is 15.8 Å². The first-order valence-corrected chi connectivity index (χ1v) is 7.27. The van der Waals surface area contributed by atoms with Gasteiger partial charge in [-0.1, -0.05) is 31.1 Å². The van der Waals surface area contributed by atoms with Gasteiger partial charge in [0.05, 0.1) is 0 Å². The van der Waals surface area contributed by atoms with Crippen molar-refractivity contribution in [2.45, 2.75) is 26.3 Å². The number of oxime groups is 1. The summed E-state index contributed by atoms with van der Waals surface area (Å²) in [6.07, 6.45) is 1.16. The molecular formula is C15H24N4O. The third-order valence-corrected chi connectivity index (χ3v) is 4.12. The second kappa shape index (κ2) is 6.61. The molecule has 0 radical (unpaired) electrons. The topological polar surface area (TPSA) is 65.1 Å². The second-order valence-corrected chi connectivity index (χ2v) is 5.11. The van der Waals surface area contributed by atoms with E-state index in [0.717, 1.165) is 43.9 Å². The van der Waals surface area contributed by atoms with E-state index in [1.165, 1.54) is 0 Å². The Morgan fingerprint density at radius 2 is 2.10 bits per heavy atom. The number of nitrogens with zero attached hydrogens (tertiary/aromatic N) is 3. The van der Waals surface area contributed by atoms with Gasteiger partial charge in [-0.2, -0.15) is 0 Å². The van der Waals surface area contributed by atoms with Crippen LogP contribution < -0.4 is 10.6 Å². The maximum atomic E-state index is 8.91. The highest BCUT2D eigenvalue weighted by Crippen LogP contribution is 2.26. The van der Waals surface area contributed by atoms with E-state index in [2.05, 4.69) is 28.8 Å². The molecule has 1 heterocycles. The van der Waals surface area contributed by atoms with E-state index < -0.39 is 0 Å². The lowest BCUT2D eigenvalue weighted by Gasteiger charge is -2.27. The quantitative estimate of drug-likeness (QED) is 0.372. The number of anilines is 1. The molecule has 0 saturated carbocycles. The Labute approximate surface area is 120 Å². The van der Waals surface area contributed by atoms with E-state index in [0.29, 0.717) is 6.04 Å². The lowest BCUT2D eigenvalue weighted by molar-refractivity contribution is 0.232. The van der Waals surface area contributed by atoms with Crippen LogP contribution in [-0.2, 0) is 0 Å². The molecule has 0 aromatic heterocycles. The number of rotatable bonds is 5. The molecule has 2 rings (SSSR count). The van der Waals surface area contributed by atoms with E-state index in [1.807, 2.05) is 24.3 Å². The maximum absolute atomic E-state index is 8.91. The van der Waals surface area contributed by atoms with Gasteiger partial charge in [0.25, 0.3) is 0 Å². The highest BCUT2D eigenvalue weighted by Gasteiger charge is 2.27. The number of nitrogens with two attached hydrogens (primary N) is 1. The number of hydrogen-bond acceptors (Lipinski definition) is 4. The van der Waals surface area contributed by atoms with Crippen molar-refractivity contribution >= 4 is 11.5 Å². The summed E-state index contributed by atoms with van der Waals surface area (Å²) < 4.78 is 0. The van der Waals surface area contributed by atoms with Crippen molar-refractivity contribution in [2.24, 2.45) is 10.9 Å². The van der Waals surface area contributed by atoms with Crippen LogP contribution in [0.25, 0.3) is 0 Å². The smallest absolute Gasteiger partial charge is 0.172 e. The zero-order valence-electron chi connectivity index (χ0n) is 12.3. The van der Waals surface area contributed by atoms with Gasteiger partial charge in [0, 0.05) is 30.4 Å². The van der Waals surface area contributed by atoms with E-state index in [-0.39, 0.29) is 5.84 Å². The molecule has 3 N–H and O–H groups in total. The predicted octanol–water partition coefficient (Wildman–Crippen LogP) is 1.70. The Kier molecular flexibility index (Phi) is 4.84. The Hall–Kier alpha value is -1.75. The van der Waals surface area contributed by atoms with E-state index in [9.17, 15) is 0 Å². The lowest BCUT2D eigenvalue weighted by atomic mass is 10.1. The van der Waals surface area contributed by atoms with Crippen LogP contribution >= 0.6 is 0 Å². The van der Waals surface area contributed by atoms with Gasteiger partial charge in [0.15, 0.2) is 5.84 Å². The monoisotopic (exact) mass is 276 g/mol. The maximum Gasteiger partial charge on any atom is 0.172 e. The van der Waals surface area contributed by atoms with Crippen LogP contribution in [0.1, 0.15) is 25.8 Å². The summed E-state index contributed by atoms with van der Waals surface area (Å²) in [6, 6.07) is 8.43. The van der Waals surface area contributed by atoms with Crippen molar-refractivity contribution in [2.75, 3.05) is 31.1 Å². The van der Waals surface area contributed by atoms with Gasteiger partial charge in [-0.3, -0.25) is 4.90 Å². The first-order chi connectivity index (χ1) is 9.71. The summed E-state index contributed by atoms with van der Waals surface area (Å²) in [5.41, 5.74) is 7.63. The van der Waals surface area contributed by atoms with E-state index in [4.69, 9.17) is 10.9 Å². The van der Waals surface area contributed by atoms with Gasteiger partial charge in [0.2, 0.25) is 0 Å². The molecule has 1 atom stereocenters. The summed E-state index contributed by atoms with van der Waals surface area (Å²) in [6.45, 7) is 8.58. The molecule has 1 aromatic rings. The fourth-order valence-electron chi connectivity index (χ4n) is 3.02. The minimum absolute atomic E-state index is 0.173. The fraction of sp³-hybridized carbons (Fsp3) is 0.533. The Morgan fingerprint density at radius 3 is 2.75 bits per heavy atom. The number of likely N-dealkylation sites (N-methyl/N-ethyl adjacent to an activating group) is 1. The van der Waals surface area contributed by atoms with Gasteiger partial charge in [-0.25, -0.2) is 0 Å². The summed E-state index contributed by atoms with van der Waals surface area (Å²) in [5.74, 6) is 0.173. The van der Waals surface area contributed by atoms with Crippen LogP contribution in [-0.4, -0.2) is 48.2 Å². The van der Waals surface area contributed by atoms with Gasteiger partial charge in [-0.15, -0.1) is 0 Å². The van der Waals surface area contributed by atoms with Crippen molar-refractivity contribution in [3.8, 4) is 0 Å². The van der Waals surface area contributed by atoms with Gasteiger partial charge >= 0.3 is 0 Å². The molecular weight excluding hydrogens is 252 g/mol. The molecule has 0 amide bonds. The third kappa shape index (κ3) is 2.88. The summed E-state index contributed by atoms with van der Waals surface area (Å²) in [5, 5.41) is 12.0. The molecule has 1 aromatic carbocycles. The largest absolute Gasteiger partial charge is 0.409 e. The third-order valence-electron chi connectivity index (χ3n) is 4.12. The molecule has 1 aliphatic rings. The number of para-hydroxylation sites is 1. The van der Waals surface area contributed by atoms with Crippen molar-refractivity contribution < 1.29 is 5.21 Å². The van der Waals surface area contributed by atoms with Crippen LogP contribution in [0.2, 0.25) is 0 Å². The van der Waals surface area contributed by atoms with Crippen LogP contribution in [0.4, 0.5) is 5.69 Å². The van der Waals surface area contributed by atoms with Crippen LogP contribution in [0, 0.1) is 0 Å². The number of amidine groups is 1. The van der Waals surface area contributed by atoms with Crippen molar-refractivity contribution in [1.29, 1.82) is 0 Å². The molecule has 1 aliphatic heterocycles. The standard InChI is InChI=1S/C15H24N4O/c1-3-18(4-2)12-9-10-19(11-12)14-8-6-5-7-13(14)15(16)17-20/h5-8,12,20H,3-4,9-11H2,1-2H3,(H2,16,17). The first kappa shape index (κ1) is 14.7. The number of benzene rings is 1. The Bertz CT molecular complexity index is 471. The molecule has 0 bridgehead atoms. The SMILES string of the molecule is CCN(CC)C1CCN(c2ccccc2C(N)=NO)C1. The molecule has 110 valence electrons. The minimum atomic E-state index is 0.173. The molecule has 1 unspecified atom stereocenters. The average molecular weight is 276 g/mol. The average Bonchev–Trinajstić information content (AvgIpc) is 2.97. The van der Waals surface area contributed by atoms with Crippen LogP contribution in [0.5, 0.6) is 0 Å². The summed E-state index contributed by atoms with van der Waals surface area (Å²) in [4.78, 5) is 4.82. The summed E-state index contributed by atoms with van der Waals surface area (Å²) in [7, 11) is 0. The highest BCUT2D eigenvalue weighted by atomic mass is 16.4. The van der Waals surface area contributed by atoms with Crippen LogP contribution in [0.15, 0.2) is 29.4 Å². The zero-order chi connectivity index (χ0) is 14.5. The molecule has 1 saturated heterocycles. The van der Waals surface area contributed by atoms with E-state index >= 15 is 0 Å². The van der Waals surface area contributed by atoms with Gasteiger partial charge in [-0.05, 0) is 31.6 Å². The molecule has 5 heteroatoms. The molecule has 20 heavy (non-hydrogen) atoms. The minimum Gasteiger partial charge on any atom is -0.409 e. The summed E-state index contributed by atoms with van der Waals surface area (Å²) >= 11 is 0. The normalized spacial score (nSPS) is 19.9. The lowest BCUT2D eigenvalue weighted by Crippen LogP contribution is -2.37. The second-order valence-electron chi connectivity index (χ2n) is 5.11. The van der Waals surface area contributed by atoms with Crippen molar-refractivity contribution in [1.82, 2.24) is 4.90 Å². The molecule has 0 aliphatic carbocycles. The predicted molar refractivity (Wildman–Crippen MR) is 82.5 cm³/mol.